The van der Waals surface area contributed by atoms with E-state index in [1.54, 1.807) is 24.0 Å². The van der Waals surface area contributed by atoms with Gasteiger partial charge in [-0.1, -0.05) is 24.3 Å². The van der Waals surface area contributed by atoms with E-state index in [1.165, 1.54) is 12.3 Å². The minimum Gasteiger partial charge on any atom is -0.507 e. The maximum atomic E-state index is 13.1. The van der Waals surface area contributed by atoms with Gasteiger partial charge >= 0.3 is 0 Å². The Morgan fingerprint density at radius 1 is 1.05 bits per heavy atom. The summed E-state index contributed by atoms with van der Waals surface area (Å²) in [6.07, 6.45) is 2.86. The Bertz CT molecular complexity index is 760. The SMILES string of the molecule is Oc1ccc(SCc2cncc(F)c2)c2ccccc12. The van der Waals surface area contributed by atoms with E-state index in [0.29, 0.717) is 5.75 Å². The van der Waals surface area contributed by atoms with Gasteiger partial charge in [0.05, 0.1) is 6.20 Å². The highest BCUT2D eigenvalue weighted by Gasteiger charge is 2.06. The molecule has 3 rings (SSSR count). The van der Waals surface area contributed by atoms with Gasteiger partial charge in [-0.2, -0.15) is 0 Å². The number of hydrogen-bond acceptors (Lipinski definition) is 3. The second-order valence-corrected chi connectivity index (χ2v) is 5.45. The molecule has 0 saturated heterocycles. The highest BCUT2D eigenvalue weighted by Crippen LogP contribution is 2.34. The van der Waals surface area contributed by atoms with Gasteiger partial charge in [0.2, 0.25) is 0 Å². The lowest BCUT2D eigenvalue weighted by Gasteiger charge is -2.08. The van der Waals surface area contributed by atoms with Crippen molar-refractivity contribution in [2.24, 2.45) is 0 Å². The molecule has 0 unspecified atom stereocenters. The van der Waals surface area contributed by atoms with Gasteiger partial charge in [0.1, 0.15) is 11.6 Å². The van der Waals surface area contributed by atoms with Crippen molar-refractivity contribution in [2.45, 2.75) is 10.6 Å². The van der Waals surface area contributed by atoms with Gasteiger partial charge in [-0.05, 0) is 29.1 Å². The van der Waals surface area contributed by atoms with Crippen LogP contribution in [-0.4, -0.2) is 10.1 Å². The maximum Gasteiger partial charge on any atom is 0.141 e. The summed E-state index contributed by atoms with van der Waals surface area (Å²) in [7, 11) is 0. The smallest absolute Gasteiger partial charge is 0.141 e. The van der Waals surface area contributed by atoms with E-state index in [1.807, 2.05) is 30.3 Å². The summed E-state index contributed by atoms with van der Waals surface area (Å²) in [4.78, 5) is 4.90. The van der Waals surface area contributed by atoms with Crippen LogP contribution in [0.2, 0.25) is 0 Å². The number of phenolic OH excluding ortho intramolecular Hbond substituents is 1. The highest BCUT2D eigenvalue weighted by atomic mass is 32.2. The van der Waals surface area contributed by atoms with E-state index in [4.69, 9.17) is 0 Å². The molecule has 4 heteroatoms. The van der Waals surface area contributed by atoms with Crippen LogP contribution in [0.3, 0.4) is 0 Å². The summed E-state index contributed by atoms with van der Waals surface area (Å²) in [6.45, 7) is 0. The van der Waals surface area contributed by atoms with Gasteiger partial charge in [-0.15, -0.1) is 11.8 Å². The summed E-state index contributed by atoms with van der Waals surface area (Å²) in [5, 5.41) is 11.7. The predicted molar refractivity (Wildman–Crippen MR) is 79.4 cm³/mol. The summed E-state index contributed by atoms with van der Waals surface area (Å²) >= 11 is 1.60. The van der Waals surface area contributed by atoms with Crippen LogP contribution in [0.15, 0.2) is 59.8 Å². The van der Waals surface area contributed by atoms with E-state index in [0.717, 1.165) is 21.2 Å². The Hall–Kier alpha value is -2.07. The molecule has 20 heavy (non-hydrogen) atoms. The van der Waals surface area contributed by atoms with Crippen LogP contribution >= 0.6 is 11.8 Å². The number of aromatic hydroxyl groups is 1. The van der Waals surface area contributed by atoms with Crippen molar-refractivity contribution in [3.63, 3.8) is 0 Å². The van der Waals surface area contributed by atoms with Gasteiger partial charge in [-0.3, -0.25) is 4.98 Å². The predicted octanol–water partition coefficient (Wildman–Crippen LogP) is 4.37. The van der Waals surface area contributed by atoms with Crippen LogP contribution in [0.4, 0.5) is 4.39 Å². The molecule has 0 spiro atoms. The van der Waals surface area contributed by atoms with E-state index >= 15 is 0 Å². The molecule has 0 bridgehead atoms. The minimum absolute atomic E-state index is 0.275. The minimum atomic E-state index is -0.321. The van der Waals surface area contributed by atoms with Gasteiger partial charge in [-0.25, -0.2) is 4.39 Å². The monoisotopic (exact) mass is 285 g/mol. The maximum absolute atomic E-state index is 13.1. The second-order valence-electron chi connectivity index (χ2n) is 4.43. The molecule has 1 aromatic heterocycles. The Balaban J connectivity index is 1.90. The van der Waals surface area contributed by atoms with Crippen LogP contribution < -0.4 is 0 Å². The Labute approximate surface area is 120 Å². The summed E-state index contributed by atoms with van der Waals surface area (Å²) in [5.74, 6) is 0.593. The molecule has 0 fully saturated rings. The molecule has 0 radical (unpaired) electrons. The van der Waals surface area contributed by atoms with Crippen molar-refractivity contribution < 1.29 is 9.50 Å². The second kappa shape index (κ2) is 5.51. The van der Waals surface area contributed by atoms with Crippen molar-refractivity contribution in [1.82, 2.24) is 4.98 Å². The van der Waals surface area contributed by atoms with Crippen LogP contribution in [-0.2, 0) is 5.75 Å². The highest BCUT2D eigenvalue weighted by molar-refractivity contribution is 7.98. The first-order chi connectivity index (χ1) is 9.74. The molecule has 0 aliphatic rings. The summed E-state index contributed by atoms with van der Waals surface area (Å²) < 4.78 is 13.1. The number of nitrogens with zero attached hydrogens (tertiary/aromatic N) is 1. The number of phenols is 1. The molecule has 2 nitrogen and oxygen atoms in total. The molecule has 0 amide bonds. The topological polar surface area (TPSA) is 33.1 Å². The first-order valence-corrected chi connectivity index (χ1v) is 7.15. The average Bonchev–Trinajstić information content (AvgIpc) is 2.47. The molecule has 0 atom stereocenters. The first-order valence-electron chi connectivity index (χ1n) is 6.17. The third kappa shape index (κ3) is 2.60. The molecule has 0 aliphatic carbocycles. The third-order valence-electron chi connectivity index (χ3n) is 3.02. The first kappa shape index (κ1) is 12.9. The number of halogens is 1. The largest absolute Gasteiger partial charge is 0.507 e. The van der Waals surface area contributed by atoms with Crippen molar-refractivity contribution >= 4 is 22.5 Å². The van der Waals surface area contributed by atoms with Crippen molar-refractivity contribution in [3.05, 3.63) is 66.2 Å². The fourth-order valence-electron chi connectivity index (χ4n) is 2.08. The van der Waals surface area contributed by atoms with Gasteiger partial charge in [0.15, 0.2) is 0 Å². The molecular weight excluding hydrogens is 273 g/mol. The number of rotatable bonds is 3. The summed E-state index contributed by atoms with van der Waals surface area (Å²) in [5.41, 5.74) is 0.840. The molecular formula is C16H12FNOS. The third-order valence-corrected chi connectivity index (χ3v) is 4.16. The Morgan fingerprint density at radius 2 is 1.85 bits per heavy atom. The number of fused-ring (bicyclic) bond motifs is 1. The quantitative estimate of drug-likeness (QED) is 0.725. The lowest BCUT2D eigenvalue weighted by Crippen LogP contribution is -1.86. The zero-order valence-corrected chi connectivity index (χ0v) is 11.4. The fourth-order valence-corrected chi connectivity index (χ4v) is 3.06. The number of hydrogen-bond donors (Lipinski definition) is 1. The fraction of sp³-hybridized carbons (Fsp3) is 0.0625. The molecule has 2 aromatic carbocycles. The van der Waals surface area contributed by atoms with Crippen molar-refractivity contribution in [3.8, 4) is 5.75 Å². The van der Waals surface area contributed by atoms with Crippen molar-refractivity contribution in [2.75, 3.05) is 0 Å². The lowest BCUT2D eigenvalue weighted by molar-refractivity contribution is 0.481. The van der Waals surface area contributed by atoms with E-state index in [2.05, 4.69) is 4.98 Å². The van der Waals surface area contributed by atoms with Crippen LogP contribution in [0.5, 0.6) is 5.75 Å². The molecule has 3 aromatic rings. The van der Waals surface area contributed by atoms with Gasteiger partial charge in [0.25, 0.3) is 0 Å². The Morgan fingerprint density at radius 3 is 2.65 bits per heavy atom. The Kier molecular flexibility index (Phi) is 3.56. The van der Waals surface area contributed by atoms with Crippen molar-refractivity contribution in [1.29, 1.82) is 0 Å². The molecule has 1 heterocycles. The number of pyridine rings is 1. The molecule has 1 N–H and O–H groups in total. The molecule has 0 aliphatic heterocycles. The lowest BCUT2D eigenvalue weighted by atomic mass is 10.1. The van der Waals surface area contributed by atoms with Crippen LogP contribution in [0.25, 0.3) is 10.8 Å². The zero-order valence-electron chi connectivity index (χ0n) is 10.6. The summed E-state index contributed by atoms with van der Waals surface area (Å²) in [6, 6.07) is 12.8. The zero-order chi connectivity index (χ0) is 13.9. The van der Waals surface area contributed by atoms with E-state index in [-0.39, 0.29) is 11.6 Å². The van der Waals surface area contributed by atoms with Crippen LogP contribution in [0.1, 0.15) is 5.56 Å². The van der Waals surface area contributed by atoms with Gasteiger partial charge in [0, 0.05) is 22.2 Å². The molecule has 100 valence electrons. The average molecular weight is 285 g/mol. The standard InChI is InChI=1S/C16H12FNOS/c17-12-7-11(8-18-9-12)10-20-16-6-5-15(19)13-3-1-2-4-14(13)16/h1-9,19H,10H2. The molecule has 0 saturated carbocycles. The number of aromatic nitrogens is 1. The van der Waals surface area contributed by atoms with E-state index in [9.17, 15) is 9.50 Å². The number of benzene rings is 2. The normalized spacial score (nSPS) is 10.8. The number of thioether (sulfide) groups is 1. The van der Waals surface area contributed by atoms with Gasteiger partial charge < -0.3 is 5.11 Å². The van der Waals surface area contributed by atoms with Crippen LogP contribution in [0, 0.1) is 5.82 Å². The van der Waals surface area contributed by atoms with E-state index < -0.39 is 0 Å².